The average molecular weight is 872 g/mol. The SMILES string of the molecule is CO[C@H]1/C=C/O[C@@]2(C)Oc3c(C)c(O)c4c(=O)c(c5oc6cc(OCCN(C)C)ccc6nc-5c4c3C2=O)NC(=O)/C(C)=C\C=C\[C@H](C)[C@H](O)[C@@H](C)[C@@H](O)[C@@H](C)[C@H](OC(C)=O)[C@@H]1C. The van der Waals surface area contributed by atoms with Crippen LogP contribution in [0.3, 0.4) is 0 Å². The van der Waals surface area contributed by atoms with Crippen LogP contribution in [0.5, 0.6) is 17.2 Å². The molecule has 16 nitrogen and oxygen atoms in total. The van der Waals surface area contributed by atoms with Gasteiger partial charge in [0.05, 0.1) is 35.5 Å². The molecule has 4 N–H and O–H groups in total. The largest absolute Gasteiger partial charge is 0.507 e. The van der Waals surface area contributed by atoms with E-state index in [2.05, 4.69) is 5.32 Å². The van der Waals surface area contributed by atoms with E-state index < -0.39 is 82.7 Å². The second-order valence-corrected chi connectivity index (χ2v) is 17.0. The molecule has 4 aliphatic rings. The highest BCUT2D eigenvalue weighted by Gasteiger charge is 2.50. The lowest BCUT2D eigenvalue weighted by Gasteiger charge is -2.38. The van der Waals surface area contributed by atoms with Crippen molar-refractivity contribution in [2.75, 3.05) is 39.7 Å². The van der Waals surface area contributed by atoms with Gasteiger partial charge in [0.25, 0.3) is 11.7 Å². The quantitative estimate of drug-likeness (QED) is 0.101. The van der Waals surface area contributed by atoms with Crippen molar-refractivity contribution in [2.45, 2.75) is 85.6 Å². The van der Waals surface area contributed by atoms with Crippen molar-refractivity contribution in [2.24, 2.45) is 23.7 Å². The van der Waals surface area contributed by atoms with E-state index in [1.165, 1.54) is 53.2 Å². The van der Waals surface area contributed by atoms with Gasteiger partial charge in [-0.25, -0.2) is 4.98 Å². The molecule has 0 aromatic heterocycles. The summed E-state index contributed by atoms with van der Waals surface area (Å²) in [4.78, 5) is 62.5. The molecule has 0 unspecified atom stereocenters. The molecule has 16 heteroatoms. The van der Waals surface area contributed by atoms with Gasteiger partial charge in [0.2, 0.25) is 5.43 Å². The molecule has 1 amide bonds. The van der Waals surface area contributed by atoms with Crippen LogP contribution >= 0.6 is 0 Å². The number of carbonyl (C=O) groups excluding carboxylic acids is 3. The molecule has 3 aliphatic heterocycles. The van der Waals surface area contributed by atoms with Crippen LogP contribution in [-0.4, -0.2) is 107 Å². The summed E-state index contributed by atoms with van der Waals surface area (Å²) in [5.41, 5.74) is -0.570. The monoisotopic (exact) mass is 871 g/mol. The third-order valence-electron chi connectivity index (χ3n) is 12.1. The summed E-state index contributed by atoms with van der Waals surface area (Å²) >= 11 is 0. The van der Waals surface area contributed by atoms with Crippen molar-refractivity contribution in [1.82, 2.24) is 9.88 Å². The minimum atomic E-state index is -2.04. The topological polar surface area (TPSA) is 216 Å². The fraction of sp³-hybridized carbons (Fsp3) is 0.468. The van der Waals surface area contributed by atoms with Gasteiger partial charge in [0, 0.05) is 73.8 Å². The number of fused-ring (bicyclic) bond motifs is 2. The highest BCUT2D eigenvalue weighted by atomic mass is 16.7. The maximum absolute atomic E-state index is 14.7. The van der Waals surface area contributed by atoms with Crippen LogP contribution in [0.1, 0.15) is 64.4 Å². The fourth-order valence-electron chi connectivity index (χ4n) is 8.22. The van der Waals surface area contributed by atoms with Crippen LogP contribution in [0.2, 0.25) is 0 Å². The minimum Gasteiger partial charge on any atom is -0.507 e. The Morgan fingerprint density at radius 2 is 1.71 bits per heavy atom. The number of aliphatic hydroxyl groups excluding tert-OH is 2. The van der Waals surface area contributed by atoms with Crippen molar-refractivity contribution in [3.8, 4) is 28.7 Å². The Labute approximate surface area is 365 Å². The average Bonchev–Trinajstić information content (AvgIpc) is 3.50. The molecule has 9 atom stereocenters. The molecule has 6 rings (SSSR count). The first-order valence-electron chi connectivity index (χ1n) is 20.9. The number of ether oxygens (including phenoxy) is 5. The van der Waals surface area contributed by atoms with Gasteiger partial charge in [-0.3, -0.25) is 19.2 Å². The molecule has 2 aromatic carbocycles. The van der Waals surface area contributed by atoms with Gasteiger partial charge < -0.3 is 53.6 Å². The summed E-state index contributed by atoms with van der Waals surface area (Å²) in [5.74, 6) is -6.81. The number of likely N-dealkylation sites (N-methyl/N-ethyl adjacent to an activating group) is 1. The molecule has 0 spiro atoms. The Morgan fingerprint density at radius 1 is 1.00 bits per heavy atom. The van der Waals surface area contributed by atoms with E-state index in [0.717, 1.165) is 0 Å². The first kappa shape index (κ1) is 46.7. The number of rotatable bonds is 6. The third-order valence-corrected chi connectivity index (χ3v) is 12.1. The van der Waals surface area contributed by atoms with Gasteiger partial charge in [-0.15, -0.1) is 0 Å². The summed E-state index contributed by atoms with van der Waals surface area (Å²) in [5, 5.41) is 37.0. The highest BCUT2D eigenvalue weighted by Crippen LogP contribution is 2.50. The van der Waals surface area contributed by atoms with E-state index in [1.54, 1.807) is 58.0 Å². The number of methoxy groups -OCH3 is 1. The zero-order valence-corrected chi connectivity index (χ0v) is 37.5. The number of allylic oxidation sites excluding steroid dienone is 2. The molecular weight excluding hydrogens is 815 g/mol. The number of phenolic OH excluding ortho intramolecular Hbond substituents is 1. The van der Waals surface area contributed by atoms with E-state index in [1.807, 2.05) is 19.0 Å². The second kappa shape index (κ2) is 18.5. The Kier molecular flexibility index (Phi) is 13.7. The van der Waals surface area contributed by atoms with Crippen molar-refractivity contribution in [3.63, 3.8) is 0 Å². The number of aromatic nitrogens is 1. The van der Waals surface area contributed by atoms with E-state index >= 15 is 0 Å². The number of nitrogens with zero attached hydrogens (tertiary/aromatic N) is 2. The summed E-state index contributed by atoms with van der Waals surface area (Å²) < 4.78 is 36.2. The number of nitrogens with one attached hydrogen (secondary N) is 1. The zero-order chi connectivity index (χ0) is 46.2. The maximum atomic E-state index is 14.7. The number of hydrogen-bond acceptors (Lipinski definition) is 15. The van der Waals surface area contributed by atoms with Crippen LogP contribution in [0.25, 0.3) is 33.3 Å². The summed E-state index contributed by atoms with van der Waals surface area (Å²) in [7, 11) is 5.28. The minimum absolute atomic E-state index is 0.0222. The number of ketones is 1. The molecule has 0 saturated heterocycles. The van der Waals surface area contributed by atoms with Crippen LogP contribution in [0.15, 0.2) is 63.6 Å². The molecule has 0 radical (unpaired) electrons. The lowest BCUT2D eigenvalue weighted by atomic mass is 9.78. The lowest BCUT2D eigenvalue weighted by molar-refractivity contribution is -0.160. The van der Waals surface area contributed by atoms with Gasteiger partial charge in [-0.2, -0.15) is 0 Å². The molecule has 1 aliphatic carbocycles. The van der Waals surface area contributed by atoms with Gasteiger partial charge >= 0.3 is 11.8 Å². The van der Waals surface area contributed by atoms with E-state index in [-0.39, 0.29) is 55.9 Å². The third kappa shape index (κ3) is 9.03. The van der Waals surface area contributed by atoms with E-state index in [4.69, 9.17) is 33.1 Å². The number of amides is 1. The van der Waals surface area contributed by atoms with Gasteiger partial charge in [-0.05, 0) is 46.2 Å². The molecule has 0 fully saturated rings. The summed E-state index contributed by atoms with van der Waals surface area (Å²) in [6.07, 6.45) is 3.58. The van der Waals surface area contributed by atoms with Gasteiger partial charge in [0.15, 0.2) is 11.3 Å². The number of Topliss-reactive ketones (excluding diaryl/α,β-unsaturated/α-hetero) is 1. The number of phenols is 1. The molecule has 63 heavy (non-hydrogen) atoms. The van der Waals surface area contributed by atoms with Crippen molar-refractivity contribution in [1.29, 1.82) is 0 Å². The number of anilines is 1. The Morgan fingerprint density at radius 3 is 2.38 bits per heavy atom. The van der Waals surface area contributed by atoms with Gasteiger partial charge in [0.1, 0.15) is 46.9 Å². The predicted molar refractivity (Wildman–Crippen MR) is 235 cm³/mol. The van der Waals surface area contributed by atoms with Crippen LogP contribution in [0, 0.1) is 30.6 Å². The van der Waals surface area contributed by atoms with Crippen LogP contribution in [0.4, 0.5) is 5.69 Å². The number of esters is 1. The number of aliphatic hydroxyl groups is 2. The van der Waals surface area contributed by atoms with E-state index in [0.29, 0.717) is 24.4 Å². The van der Waals surface area contributed by atoms with Crippen LogP contribution < -0.4 is 20.2 Å². The second-order valence-electron chi connectivity index (χ2n) is 17.0. The molecular formula is C47H57N3O13. The number of aromatic hydroxyl groups is 1. The zero-order valence-electron chi connectivity index (χ0n) is 37.5. The Balaban J connectivity index is 1.57. The van der Waals surface area contributed by atoms with Crippen molar-refractivity contribution >= 4 is 45.2 Å². The fourth-order valence-corrected chi connectivity index (χ4v) is 8.22. The molecule has 338 valence electrons. The van der Waals surface area contributed by atoms with Crippen molar-refractivity contribution in [3.05, 3.63) is 75.7 Å². The number of carbonyl (C=O) groups is 3. The summed E-state index contributed by atoms with van der Waals surface area (Å²) in [6.45, 7) is 13.6. The molecule has 0 saturated carbocycles. The van der Waals surface area contributed by atoms with Gasteiger partial charge in [-0.1, -0.05) is 45.9 Å². The number of benzene rings is 3. The summed E-state index contributed by atoms with van der Waals surface area (Å²) in [6, 6.07) is 4.96. The molecule has 4 bridgehead atoms. The predicted octanol–water partition coefficient (Wildman–Crippen LogP) is 5.89. The Hall–Kier alpha value is -5.81. The standard InChI is InChI=1S/C47H57N3O13/c1-22-13-12-14-23(2)46(57)49-37-41(55)34-33(36-44(37)62-32-21-29(15-16-30(32)48-36)59-20-18-50(9)10)35-43(27(6)40(34)54)63-47(8,45(35)56)60-19-17-31(58-11)24(3)42(61-28(7)51)26(5)39(53)25(4)38(22)52/h12-17,19,21-22,24-26,31,38-39,42,52-54H,18,20H2,1-11H3,(H,49,57)/b13-12+,19-17+,23-14-/t22-,24+,25+,26+,31-,38-,39+,42+,47-/m0/s1. The first-order valence-corrected chi connectivity index (χ1v) is 20.9. The Bertz CT molecular complexity index is 2540. The molecule has 3 heterocycles. The highest BCUT2D eigenvalue weighted by molar-refractivity contribution is 6.22. The first-order chi connectivity index (χ1) is 29.7. The lowest BCUT2D eigenvalue weighted by Crippen LogP contribution is -2.46. The number of hydrogen-bond donors (Lipinski definition) is 4. The maximum Gasteiger partial charge on any atom is 0.312 e. The van der Waals surface area contributed by atoms with Crippen LogP contribution in [-0.2, 0) is 23.8 Å². The normalized spacial score (nSPS) is 29.0. The smallest absolute Gasteiger partial charge is 0.312 e. The van der Waals surface area contributed by atoms with E-state index in [9.17, 15) is 34.5 Å². The van der Waals surface area contributed by atoms with Crippen molar-refractivity contribution < 1.29 is 57.8 Å². The molecule has 2 aromatic rings.